The molecule has 0 saturated heterocycles. The van der Waals surface area contributed by atoms with Crippen LogP contribution in [-0.4, -0.2) is 11.1 Å². The summed E-state index contributed by atoms with van der Waals surface area (Å²) in [7, 11) is 0. The number of rotatable bonds is 2. The molecule has 3 atom stereocenters. The number of halogens is 3. The summed E-state index contributed by atoms with van der Waals surface area (Å²) in [5, 5.41) is 12.7. The summed E-state index contributed by atoms with van der Waals surface area (Å²) in [5.41, 5.74) is 3.42. The van der Waals surface area contributed by atoms with E-state index in [4.69, 9.17) is 0 Å². The van der Waals surface area contributed by atoms with Crippen molar-refractivity contribution < 1.29 is 23.1 Å². The first kappa shape index (κ1) is 18.7. The van der Waals surface area contributed by atoms with Crippen molar-refractivity contribution >= 4 is 11.7 Å². The van der Waals surface area contributed by atoms with Gasteiger partial charge in [0.2, 0.25) is 0 Å². The Hall–Kier alpha value is -3.28. The molecule has 2 aliphatic rings. The van der Waals surface area contributed by atoms with E-state index >= 15 is 0 Å². The lowest BCUT2D eigenvalue weighted by Gasteiger charge is -2.39. The van der Waals surface area contributed by atoms with Crippen molar-refractivity contribution in [1.29, 1.82) is 0 Å². The van der Waals surface area contributed by atoms with E-state index in [9.17, 15) is 23.1 Å². The monoisotopic (exact) mass is 409 g/mol. The van der Waals surface area contributed by atoms with E-state index < -0.39 is 23.8 Å². The smallest absolute Gasteiger partial charge is 0.416 e. The molecule has 0 fully saturated rings. The number of benzene rings is 3. The number of carboxylic acids is 1. The largest absolute Gasteiger partial charge is 0.478 e. The normalized spacial score (nSPS) is 21.9. The number of hydrogen-bond acceptors (Lipinski definition) is 2. The first-order valence-corrected chi connectivity index (χ1v) is 9.72. The van der Waals surface area contributed by atoms with E-state index in [1.165, 1.54) is 18.2 Å². The molecule has 1 heterocycles. The zero-order valence-electron chi connectivity index (χ0n) is 15.8. The van der Waals surface area contributed by atoms with Gasteiger partial charge in [-0.3, -0.25) is 0 Å². The van der Waals surface area contributed by atoms with Gasteiger partial charge in [-0.1, -0.05) is 42.5 Å². The van der Waals surface area contributed by atoms with Gasteiger partial charge < -0.3 is 10.4 Å². The number of fused-ring (bicyclic) bond motifs is 5. The van der Waals surface area contributed by atoms with E-state index in [0.717, 1.165) is 22.8 Å². The minimum atomic E-state index is -4.45. The molecule has 0 saturated carbocycles. The number of anilines is 1. The standard InChI is InChI=1S/C24H18F3NO2/c25-24(26,27)19-8-4-3-7-16(19)22-18-11-13-5-1-2-6-15(13)21(18)17-12-14(23(29)30)9-10-20(17)28-22/h1-10,12,18,21-22,28H,11H2,(H,29,30)/t18-,21-,22-/m0/s1. The van der Waals surface area contributed by atoms with Gasteiger partial charge in [-0.05, 0) is 58.9 Å². The van der Waals surface area contributed by atoms with Crippen molar-refractivity contribution in [1.82, 2.24) is 0 Å². The fourth-order valence-electron chi connectivity index (χ4n) is 5.03. The second-order valence-corrected chi connectivity index (χ2v) is 7.86. The molecule has 1 aliphatic carbocycles. The Kier molecular flexibility index (Phi) is 4.13. The third-order valence-electron chi connectivity index (χ3n) is 6.25. The molecule has 2 N–H and O–H groups in total. The maximum Gasteiger partial charge on any atom is 0.416 e. The Balaban J connectivity index is 1.70. The van der Waals surface area contributed by atoms with Crippen LogP contribution in [0.5, 0.6) is 0 Å². The average molecular weight is 409 g/mol. The van der Waals surface area contributed by atoms with Crippen molar-refractivity contribution in [2.24, 2.45) is 5.92 Å². The Bertz CT molecular complexity index is 1160. The lowest BCUT2D eigenvalue weighted by atomic mass is 9.74. The lowest BCUT2D eigenvalue weighted by Crippen LogP contribution is -2.32. The van der Waals surface area contributed by atoms with E-state index in [1.54, 1.807) is 18.2 Å². The van der Waals surface area contributed by atoms with Crippen molar-refractivity contribution in [3.05, 3.63) is 100 Å². The molecule has 1 aliphatic heterocycles. The SMILES string of the molecule is O=C(O)c1ccc2c(c1)[C@@H]1c3ccccc3C[C@@H]1[C@H](c1ccccc1C(F)(F)F)N2. The van der Waals surface area contributed by atoms with Gasteiger partial charge in [0.15, 0.2) is 0 Å². The van der Waals surface area contributed by atoms with Crippen molar-refractivity contribution in [2.75, 3.05) is 5.32 Å². The topological polar surface area (TPSA) is 49.3 Å². The van der Waals surface area contributed by atoms with Gasteiger partial charge in [0, 0.05) is 11.6 Å². The predicted octanol–water partition coefficient (Wildman–Crippen LogP) is 5.87. The van der Waals surface area contributed by atoms with Crippen molar-refractivity contribution in [2.45, 2.75) is 24.6 Å². The van der Waals surface area contributed by atoms with Gasteiger partial charge in [0.25, 0.3) is 0 Å². The molecular weight excluding hydrogens is 391 g/mol. The van der Waals surface area contributed by atoms with Gasteiger partial charge >= 0.3 is 12.1 Å². The summed E-state index contributed by atoms with van der Waals surface area (Å²) < 4.78 is 41.3. The van der Waals surface area contributed by atoms with E-state index in [0.29, 0.717) is 12.1 Å². The zero-order valence-corrected chi connectivity index (χ0v) is 15.8. The zero-order chi connectivity index (χ0) is 21.0. The fourth-order valence-corrected chi connectivity index (χ4v) is 5.03. The van der Waals surface area contributed by atoms with E-state index in [-0.39, 0.29) is 23.0 Å². The summed E-state index contributed by atoms with van der Waals surface area (Å²) >= 11 is 0. The first-order valence-electron chi connectivity index (χ1n) is 9.72. The maximum absolute atomic E-state index is 13.8. The van der Waals surface area contributed by atoms with Gasteiger partial charge in [0.1, 0.15) is 0 Å². The number of carboxylic acid groups (broad SMARTS) is 1. The van der Waals surface area contributed by atoms with E-state index in [2.05, 4.69) is 5.32 Å². The fraction of sp³-hybridized carbons (Fsp3) is 0.208. The summed E-state index contributed by atoms with van der Waals surface area (Å²) in [6, 6.07) is 17.8. The molecule has 3 nitrogen and oxygen atoms in total. The van der Waals surface area contributed by atoms with Gasteiger partial charge in [-0.2, -0.15) is 13.2 Å². The predicted molar refractivity (Wildman–Crippen MR) is 107 cm³/mol. The molecule has 5 rings (SSSR count). The minimum absolute atomic E-state index is 0.151. The Morgan fingerprint density at radius 1 is 0.933 bits per heavy atom. The molecule has 6 heteroatoms. The van der Waals surface area contributed by atoms with Crippen LogP contribution in [0.25, 0.3) is 0 Å². The summed E-state index contributed by atoms with van der Waals surface area (Å²) in [5.74, 6) is -1.34. The lowest BCUT2D eigenvalue weighted by molar-refractivity contribution is -0.138. The minimum Gasteiger partial charge on any atom is -0.478 e. The number of nitrogens with one attached hydrogen (secondary N) is 1. The van der Waals surface area contributed by atoms with Crippen LogP contribution in [0, 0.1) is 5.92 Å². The number of alkyl halides is 3. The van der Waals surface area contributed by atoms with Crippen LogP contribution in [0.4, 0.5) is 18.9 Å². The molecular formula is C24H18F3NO2. The Morgan fingerprint density at radius 2 is 1.63 bits per heavy atom. The highest BCUT2D eigenvalue weighted by molar-refractivity contribution is 5.89. The molecule has 0 bridgehead atoms. The number of aromatic carboxylic acids is 1. The quantitative estimate of drug-likeness (QED) is 0.556. The molecule has 0 radical (unpaired) electrons. The van der Waals surface area contributed by atoms with Crippen LogP contribution in [0.2, 0.25) is 0 Å². The highest BCUT2D eigenvalue weighted by Gasteiger charge is 2.46. The number of carbonyl (C=O) groups is 1. The van der Waals surface area contributed by atoms with Crippen LogP contribution in [0.15, 0.2) is 66.7 Å². The maximum atomic E-state index is 13.8. The van der Waals surface area contributed by atoms with Crippen LogP contribution in [0.3, 0.4) is 0 Å². The summed E-state index contributed by atoms with van der Waals surface area (Å²) in [6.07, 6.45) is -3.83. The highest BCUT2D eigenvalue weighted by Crippen LogP contribution is 2.55. The second-order valence-electron chi connectivity index (χ2n) is 7.86. The highest BCUT2D eigenvalue weighted by atomic mass is 19.4. The van der Waals surface area contributed by atoms with Crippen LogP contribution in [0.1, 0.15) is 50.1 Å². The van der Waals surface area contributed by atoms with Crippen LogP contribution >= 0.6 is 0 Å². The molecule has 0 amide bonds. The van der Waals surface area contributed by atoms with Gasteiger partial charge in [0.05, 0.1) is 17.2 Å². The summed E-state index contributed by atoms with van der Waals surface area (Å²) in [6.45, 7) is 0. The third kappa shape index (κ3) is 2.86. The Morgan fingerprint density at radius 3 is 2.37 bits per heavy atom. The van der Waals surface area contributed by atoms with Crippen LogP contribution < -0.4 is 5.32 Å². The molecule has 0 unspecified atom stereocenters. The van der Waals surface area contributed by atoms with Crippen molar-refractivity contribution in [3.8, 4) is 0 Å². The molecule has 0 spiro atoms. The Labute approximate surface area is 171 Å². The van der Waals surface area contributed by atoms with Gasteiger partial charge in [-0.25, -0.2) is 4.79 Å². The molecule has 30 heavy (non-hydrogen) atoms. The van der Waals surface area contributed by atoms with Crippen molar-refractivity contribution in [3.63, 3.8) is 0 Å². The molecule has 3 aromatic rings. The summed E-state index contributed by atoms with van der Waals surface area (Å²) in [4.78, 5) is 11.5. The molecule has 0 aromatic heterocycles. The first-order chi connectivity index (χ1) is 14.3. The second kappa shape index (κ2) is 6.62. The average Bonchev–Trinajstić information content (AvgIpc) is 3.12. The molecule has 3 aromatic carbocycles. The number of hydrogen-bond donors (Lipinski definition) is 2. The molecule has 152 valence electrons. The van der Waals surface area contributed by atoms with Gasteiger partial charge in [-0.15, -0.1) is 0 Å². The van der Waals surface area contributed by atoms with Crippen LogP contribution in [-0.2, 0) is 12.6 Å². The third-order valence-corrected chi connectivity index (χ3v) is 6.25. The van der Waals surface area contributed by atoms with E-state index in [1.807, 2.05) is 24.3 Å².